The third kappa shape index (κ3) is 5.82. The van der Waals surface area contributed by atoms with Crippen LogP contribution >= 0.6 is 0 Å². The predicted octanol–water partition coefficient (Wildman–Crippen LogP) is 16.3. The van der Waals surface area contributed by atoms with Gasteiger partial charge in [0.15, 0.2) is 0 Å². The first-order valence-corrected chi connectivity index (χ1v) is 20.8. The van der Waals surface area contributed by atoms with Gasteiger partial charge in [-0.2, -0.15) is 0 Å². The molecule has 0 atom stereocenters. The highest BCUT2D eigenvalue weighted by Gasteiger charge is 2.22. The van der Waals surface area contributed by atoms with Crippen LogP contribution in [0.1, 0.15) is 0 Å². The van der Waals surface area contributed by atoms with Crippen LogP contribution in [-0.4, -0.2) is 4.57 Å². The van der Waals surface area contributed by atoms with Gasteiger partial charge in [-0.3, -0.25) is 0 Å². The fraction of sp³-hybridized carbons (Fsp3) is 0. The van der Waals surface area contributed by atoms with Gasteiger partial charge < -0.3 is 13.9 Å². The summed E-state index contributed by atoms with van der Waals surface area (Å²) in [6.07, 6.45) is 0. The van der Waals surface area contributed by atoms with Gasteiger partial charge in [0, 0.05) is 43.9 Å². The summed E-state index contributed by atoms with van der Waals surface area (Å²) in [7, 11) is 0. The zero-order valence-electron chi connectivity index (χ0n) is 33.2. The van der Waals surface area contributed by atoms with Gasteiger partial charge in [-0.25, -0.2) is 0 Å². The molecule has 0 fully saturated rings. The number of rotatable bonds is 7. The van der Waals surface area contributed by atoms with E-state index in [9.17, 15) is 0 Å². The van der Waals surface area contributed by atoms with Crippen molar-refractivity contribution in [2.75, 3.05) is 4.90 Å². The van der Waals surface area contributed by atoms with E-state index in [1.54, 1.807) is 0 Å². The molecule has 0 aliphatic carbocycles. The Kier molecular flexibility index (Phi) is 8.17. The molecule has 10 aromatic carbocycles. The third-order valence-electron chi connectivity index (χ3n) is 12.2. The largest absolute Gasteiger partial charge is 0.456 e. The zero-order chi connectivity index (χ0) is 40.3. The number of fused-ring (bicyclic) bond motifs is 7. The minimum atomic E-state index is 0.884. The summed E-state index contributed by atoms with van der Waals surface area (Å²) in [5.41, 5.74) is 15.6. The second-order valence-corrected chi connectivity index (χ2v) is 15.7. The molecule has 0 bridgehead atoms. The van der Waals surface area contributed by atoms with Crippen LogP contribution in [-0.2, 0) is 0 Å². The second-order valence-electron chi connectivity index (χ2n) is 15.7. The number of furan rings is 1. The summed E-state index contributed by atoms with van der Waals surface area (Å²) >= 11 is 0. The van der Waals surface area contributed by atoms with Gasteiger partial charge in [0.05, 0.1) is 22.4 Å². The molecular weight excluding hydrogens is 741 g/mol. The summed E-state index contributed by atoms with van der Waals surface area (Å²) in [4.78, 5) is 2.42. The Bertz CT molecular complexity index is 3550. The van der Waals surface area contributed by atoms with Crippen molar-refractivity contribution in [2.24, 2.45) is 0 Å². The highest BCUT2D eigenvalue weighted by molar-refractivity contribution is 6.14. The quantitative estimate of drug-likeness (QED) is 0.161. The molecule has 0 aliphatic heterocycles. The van der Waals surface area contributed by atoms with Crippen molar-refractivity contribution in [2.45, 2.75) is 0 Å². The average Bonchev–Trinajstić information content (AvgIpc) is 3.89. The fourth-order valence-corrected chi connectivity index (χ4v) is 9.41. The lowest BCUT2D eigenvalue weighted by atomic mass is 9.96. The maximum absolute atomic E-state index is 6.37. The topological polar surface area (TPSA) is 21.3 Å². The van der Waals surface area contributed by atoms with E-state index in [4.69, 9.17) is 4.42 Å². The summed E-state index contributed by atoms with van der Waals surface area (Å²) in [6.45, 7) is 0. The standard InChI is InChI=1S/C58H38N2O/c1-2-21-46-40(15-1)16-13-30-52(46)59(55-29-9-5-24-49(55)50-26-14-32-57-58(50)51-25-6-10-31-56(51)61-57)44-35-33-39(34-36-44)41-17-11-18-42(37-41)43-19-12-20-45(38-43)60-53-27-7-3-22-47(53)48-23-4-8-28-54(48)60/h1-38H. The Morgan fingerprint density at radius 1 is 0.344 bits per heavy atom. The van der Waals surface area contributed by atoms with E-state index in [0.717, 1.165) is 61.4 Å². The zero-order valence-corrected chi connectivity index (χ0v) is 33.2. The van der Waals surface area contributed by atoms with E-state index >= 15 is 0 Å². The number of para-hydroxylation sites is 4. The molecule has 2 aromatic heterocycles. The van der Waals surface area contributed by atoms with E-state index in [0.29, 0.717) is 0 Å². The maximum atomic E-state index is 6.37. The Hall–Kier alpha value is -8.14. The van der Waals surface area contributed by atoms with E-state index in [1.165, 1.54) is 49.3 Å². The summed E-state index contributed by atoms with van der Waals surface area (Å²) < 4.78 is 8.76. The summed E-state index contributed by atoms with van der Waals surface area (Å²) in [5, 5.41) is 7.15. The molecule has 0 N–H and O–H groups in total. The number of hydrogen-bond donors (Lipinski definition) is 0. The van der Waals surface area contributed by atoms with Gasteiger partial charge in [0.1, 0.15) is 11.2 Å². The lowest BCUT2D eigenvalue weighted by Gasteiger charge is -2.29. The number of nitrogens with zero attached hydrogens (tertiary/aromatic N) is 2. The molecule has 12 aromatic rings. The van der Waals surface area contributed by atoms with Crippen LogP contribution < -0.4 is 4.90 Å². The molecule has 0 spiro atoms. The molecule has 0 amide bonds. The molecule has 0 saturated carbocycles. The van der Waals surface area contributed by atoms with Gasteiger partial charge in [-0.15, -0.1) is 0 Å². The third-order valence-corrected chi connectivity index (χ3v) is 12.2. The van der Waals surface area contributed by atoms with Gasteiger partial charge in [0.25, 0.3) is 0 Å². The molecule has 61 heavy (non-hydrogen) atoms. The van der Waals surface area contributed by atoms with Gasteiger partial charge >= 0.3 is 0 Å². The van der Waals surface area contributed by atoms with Crippen molar-refractivity contribution in [3.05, 3.63) is 231 Å². The van der Waals surface area contributed by atoms with E-state index in [-0.39, 0.29) is 0 Å². The Morgan fingerprint density at radius 2 is 0.885 bits per heavy atom. The molecule has 0 radical (unpaired) electrons. The SMILES string of the molecule is c1cc(-c2ccc(N(c3ccccc3-c3cccc4oc5ccccc5c34)c3cccc4ccccc34)cc2)cc(-c2cccc(-n3c4ccccc4c4ccccc43)c2)c1. The molecule has 3 heteroatoms. The minimum Gasteiger partial charge on any atom is -0.456 e. The molecule has 3 nitrogen and oxygen atoms in total. The van der Waals surface area contributed by atoms with Crippen LogP contribution in [0.2, 0.25) is 0 Å². The van der Waals surface area contributed by atoms with Crippen molar-refractivity contribution in [3.8, 4) is 39.1 Å². The first-order chi connectivity index (χ1) is 30.3. The average molecular weight is 779 g/mol. The maximum Gasteiger partial charge on any atom is 0.136 e. The van der Waals surface area contributed by atoms with Gasteiger partial charge in [0.2, 0.25) is 0 Å². The molecule has 0 aliphatic rings. The van der Waals surface area contributed by atoms with Crippen LogP contribution in [0.3, 0.4) is 0 Å². The highest BCUT2D eigenvalue weighted by atomic mass is 16.3. The first-order valence-electron chi connectivity index (χ1n) is 20.8. The lowest BCUT2D eigenvalue weighted by Crippen LogP contribution is -2.11. The Morgan fingerprint density at radius 3 is 1.69 bits per heavy atom. The molecule has 2 heterocycles. The van der Waals surface area contributed by atoms with Crippen LogP contribution in [0, 0.1) is 0 Å². The van der Waals surface area contributed by atoms with Crippen molar-refractivity contribution in [1.29, 1.82) is 0 Å². The van der Waals surface area contributed by atoms with Crippen LogP contribution in [0.15, 0.2) is 235 Å². The number of hydrogen-bond acceptors (Lipinski definition) is 2. The van der Waals surface area contributed by atoms with Crippen molar-refractivity contribution in [1.82, 2.24) is 4.57 Å². The van der Waals surface area contributed by atoms with E-state index in [2.05, 4.69) is 234 Å². The van der Waals surface area contributed by atoms with Crippen molar-refractivity contribution >= 4 is 71.6 Å². The molecule has 12 rings (SSSR count). The summed E-state index contributed by atoms with van der Waals surface area (Å²) in [5.74, 6) is 0. The van der Waals surface area contributed by atoms with Crippen molar-refractivity contribution < 1.29 is 4.42 Å². The van der Waals surface area contributed by atoms with E-state index in [1.807, 2.05) is 6.07 Å². The van der Waals surface area contributed by atoms with Gasteiger partial charge in [-0.05, 0) is 99.9 Å². The van der Waals surface area contributed by atoms with E-state index < -0.39 is 0 Å². The normalized spacial score (nSPS) is 11.6. The number of aromatic nitrogens is 1. The highest BCUT2D eigenvalue weighted by Crippen LogP contribution is 2.46. The van der Waals surface area contributed by atoms with Gasteiger partial charge in [-0.1, -0.05) is 164 Å². The minimum absolute atomic E-state index is 0.884. The Labute approximate surface area is 353 Å². The number of benzene rings is 10. The predicted molar refractivity (Wildman–Crippen MR) is 257 cm³/mol. The monoisotopic (exact) mass is 778 g/mol. The molecule has 0 saturated heterocycles. The molecule has 286 valence electrons. The fourth-order valence-electron chi connectivity index (χ4n) is 9.41. The Balaban J connectivity index is 0.962. The first kappa shape index (κ1) is 34.9. The smallest absolute Gasteiger partial charge is 0.136 e. The lowest BCUT2D eigenvalue weighted by molar-refractivity contribution is 0.669. The molecular formula is C58H38N2O. The van der Waals surface area contributed by atoms with Crippen LogP contribution in [0.5, 0.6) is 0 Å². The summed E-state index contributed by atoms with van der Waals surface area (Å²) in [6, 6.07) is 82.9. The second kappa shape index (κ2) is 14.3. The van der Waals surface area contributed by atoms with Crippen molar-refractivity contribution in [3.63, 3.8) is 0 Å². The van der Waals surface area contributed by atoms with Crippen LogP contribution in [0.25, 0.3) is 93.6 Å². The van der Waals surface area contributed by atoms with Crippen LogP contribution in [0.4, 0.5) is 17.1 Å². The molecule has 0 unspecified atom stereocenters. The number of anilines is 3.